The highest BCUT2D eigenvalue weighted by Gasteiger charge is 2.33. The summed E-state index contributed by atoms with van der Waals surface area (Å²) in [5, 5.41) is 3.39. The summed E-state index contributed by atoms with van der Waals surface area (Å²) in [6, 6.07) is 3.78. The Morgan fingerprint density at radius 1 is 1.24 bits per heavy atom. The molecule has 0 aliphatic carbocycles. The molecule has 0 saturated carbocycles. The molecule has 1 unspecified atom stereocenters. The predicted octanol–water partition coefficient (Wildman–Crippen LogP) is 4.55. The molecule has 2 fully saturated rings. The Kier molecular flexibility index (Phi) is 10.3. The van der Waals surface area contributed by atoms with Crippen molar-refractivity contribution in [2.45, 2.75) is 52.9 Å². The minimum absolute atomic E-state index is 0.123. The van der Waals surface area contributed by atoms with Crippen molar-refractivity contribution in [3.05, 3.63) is 44.7 Å². The number of amides is 1. The molecule has 38 heavy (non-hydrogen) atoms. The zero-order valence-corrected chi connectivity index (χ0v) is 24.3. The van der Waals surface area contributed by atoms with Crippen molar-refractivity contribution in [3.63, 3.8) is 0 Å². The normalized spacial score (nSPS) is 18.6. The number of nitrogens with one attached hydrogen (secondary N) is 1. The fourth-order valence-corrected chi connectivity index (χ4v) is 6.13. The van der Waals surface area contributed by atoms with E-state index in [1.807, 2.05) is 19.1 Å². The maximum Gasteiger partial charge on any atom is 0.267 e. The van der Waals surface area contributed by atoms with E-state index in [0.717, 1.165) is 70.5 Å². The first-order chi connectivity index (χ1) is 18.4. The molecule has 0 bridgehead atoms. The van der Waals surface area contributed by atoms with Gasteiger partial charge in [-0.1, -0.05) is 63.2 Å². The number of rotatable bonds is 12. The van der Waals surface area contributed by atoms with Crippen LogP contribution in [0.5, 0.6) is 0 Å². The van der Waals surface area contributed by atoms with E-state index in [2.05, 4.69) is 24.1 Å². The minimum Gasteiger partial charge on any atom is -0.379 e. The smallest absolute Gasteiger partial charge is 0.267 e. The van der Waals surface area contributed by atoms with Gasteiger partial charge in [0.1, 0.15) is 15.8 Å². The molecule has 2 aromatic rings. The van der Waals surface area contributed by atoms with Crippen LogP contribution in [0.15, 0.2) is 28.0 Å². The van der Waals surface area contributed by atoms with Crippen molar-refractivity contribution in [3.8, 4) is 0 Å². The van der Waals surface area contributed by atoms with Crippen molar-refractivity contribution in [1.82, 2.24) is 19.2 Å². The number of morpholine rings is 1. The number of fused-ring (bicyclic) bond motifs is 1. The van der Waals surface area contributed by atoms with Crippen LogP contribution in [0.2, 0.25) is 0 Å². The molecule has 2 aliphatic heterocycles. The fraction of sp³-hybridized carbons (Fsp3) is 0.571. The van der Waals surface area contributed by atoms with Gasteiger partial charge in [-0.15, -0.1) is 0 Å². The number of thiocarbonyl (C=S) groups is 1. The third-order valence-corrected chi connectivity index (χ3v) is 8.64. The van der Waals surface area contributed by atoms with Crippen molar-refractivity contribution in [1.29, 1.82) is 0 Å². The van der Waals surface area contributed by atoms with Crippen LogP contribution in [-0.2, 0) is 9.53 Å². The van der Waals surface area contributed by atoms with Crippen molar-refractivity contribution in [2.24, 2.45) is 5.92 Å². The molecule has 10 heteroatoms. The van der Waals surface area contributed by atoms with Crippen LogP contribution in [0.4, 0.5) is 5.82 Å². The fourth-order valence-electron chi connectivity index (χ4n) is 4.87. The summed E-state index contributed by atoms with van der Waals surface area (Å²) in [7, 11) is 0. The van der Waals surface area contributed by atoms with Crippen LogP contribution in [0.25, 0.3) is 11.7 Å². The molecule has 1 N–H and O–H groups in total. The topological polar surface area (TPSA) is 79.2 Å². The molecule has 0 spiro atoms. The second-order valence-electron chi connectivity index (χ2n) is 10.0. The van der Waals surface area contributed by atoms with Gasteiger partial charge in [-0.05, 0) is 49.9 Å². The number of unbranched alkanes of at least 4 members (excludes halogenated alkanes) is 1. The average Bonchev–Trinajstić information content (AvgIpc) is 3.19. The number of carbonyl (C=O) groups excluding carboxylic acids is 1. The number of pyridine rings is 1. The van der Waals surface area contributed by atoms with Gasteiger partial charge in [-0.3, -0.25) is 23.8 Å². The van der Waals surface area contributed by atoms with Gasteiger partial charge < -0.3 is 10.1 Å². The Balaban J connectivity index is 1.58. The summed E-state index contributed by atoms with van der Waals surface area (Å²) < 4.78 is 7.55. The minimum atomic E-state index is -0.200. The quantitative estimate of drug-likeness (QED) is 0.231. The second kappa shape index (κ2) is 13.7. The summed E-state index contributed by atoms with van der Waals surface area (Å²) in [6.07, 6.45) is 8.67. The lowest BCUT2D eigenvalue weighted by molar-refractivity contribution is -0.122. The molecule has 0 radical (unpaired) electrons. The molecule has 2 aromatic heterocycles. The molecular weight excluding hydrogens is 518 g/mol. The molecule has 0 aromatic carbocycles. The Morgan fingerprint density at radius 3 is 2.76 bits per heavy atom. The number of aromatic nitrogens is 2. The Labute approximate surface area is 234 Å². The van der Waals surface area contributed by atoms with Crippen LogP contribution in [0.3, 0.4) is 0 Å². The summed E-state index contributed by atoms with van der Waals surface area (Å²) >= 11 is 6.87. The van der Waals surface area contributed by atoms with E-state index in [4.69, 9.17) is 21.9 Å². The maximum atomic E-state index is 13.6. The Bertz CT molecular complexity index is 1240. The lowest BCUT2D eigenvalue weighted by Gasteiger charge is -2.26. The number of carbonyl (C=O) groups is 1. The SMILES string of the molecule is CCCCC(CC)CN1C(=O)/C(=C\c2c(NCCCN3CCOCC3)nc3c(C)cccn3c2=O)SC1=S. The molecule has 1 amide bonds. The summed E-state index contributed by atoms with van der Waals surface area (Å²) in [5.41, 5.74) is 1.71. The van der Waals surface area contributed by atoms with Gasteiger partial charge in [0.05, 0.1) is 23.7 Å². The lowest BCUT2D eigenvalue weighted by Crippen LogP contribution is -2.37. The Hall–Kier alpha value is -2.27. The summed E-state index contributed by atoms with van der Waals surface area (Å²) in [5.74, 6) is 0.796. The standard InChI is InChI=1S/C28H39N5O3S2/c1-4-6-10-21(5-2)19-33-27(35)23(38-28(33)37)18-22-24(29-11-8-12-31-14-16-36-17-15-31)30-25-20(3)9-7-13-32(25)26(22)34/h7,9,13,18,21,29H,4-6,8,10-12,14-17,19H2,1-3H3/b23-18+. The monoisotopic (exact) mass is 557 g/mol. The molecule has 8 nitrogen and oxygen atoms in total. The number of thioether (sulfide) groups is 1. The van der Waals surface area contributed by atoms with Crippen LogP contribution >= 0.6 is 24.0 Å². The van der Waals surface area contributed by atoms with E-state index in [1.165, 1.54) is 11.8 Å². The van der Waals surface area contributed by atoms with Crippen molar-refractivity contribution in [2.75, 3.05) is 51.3 Å². The molecule has 2 aliphatic rings. The van der Waals surface area contributed by atoms with Crippen LogP contribution in [0, 0.1) is 12.8 Å². The first kappa shape index (κ1) is 28.7. The summed E-state index contributed by atoms with van der Waals surface area (Å²) in [6.45, 7) is 12.0. The zero-order valence-electron chi connectivity index (χ0n) is 22.7. The number of ether oxygens (including phenoxy) is 1. The number of hydrogen-bond acceptors (Lipinski definition) is 8. The van der Waals surface area contributed by atoms with E-state index < -0.39 is 0 Å². The predicted molar refractivity (Wildman–Crippen MR) is 160 cm³/mol. The number of hydrogen-bond donors (Lipinski definition) is 1. The van der Waals surface area contributed by atoms with Gasteiger partial charge in [0.25, 0.3) is 11.5 Å². The third kappa shape index (κ3) is 6.83. The van der Waals surface area contributed by atoms with Crippen molar-refractivity contribution < 1.29 is 9.53 Å². The van der Waals surface area contributed by atoms with Gasteiger partial charge in [-0.2, -0.15) is 0 Å². The second-order valence-corrected chi connectivity index (χ2v) is 11.7. The molecule has 2 saturated heterocycles. The highest BCUT2D eigenvalue weighted by Crippen LogP contribution is 2.34. The largest absolute Gasteiger partial charge is 0.379 e. The van der Waals surface area contributed by atoms with Crippen LogP contribution in [0.1, 0.15) is 57.1 Å². The van der Waals surface area contributed by atoms with Gasteiger partial charge in [-0.25, -0.2) is 4.98 Å². The first-order valence-corrected chi connectivity index (χ1v) is 15.0. The maximum absolute atomic E-state index is 13.6. The Morgan fingerprint density at radius 2 is 2.03 bits per heavy atom. The molecule has 4 rings (SSSR count). The van der Waals surface area contributed by atoms with Crippen LogP contribution < -0.4 is 10.9 Å². The van der Waals surface area contributed by atoms with Crippen molar-refractivity contribution >= 4 is 51.7 Å². The molecule has 1 atom stereocenters. The molecule has 4 heterocycles. The van der Waals surface area contributed by atoms with Gasteiger partial charge in [0.2, 0.25) is 0 Å². The first-order valence-electron chi connectivity index (χ1n) is 13.7. The average molecular weight is 558 g/mol. The van der Waals surface area contributed by atoms with E-state index >= 15 is 0 Å². The van der Waals surface area contributed by atoms with E-state index in [-0.39, 0.29) is 11.5 Å². The number of anilines is 1. The molecular formula is C28H39N5O3S2. The molecule has 206 valence electrons. The number of aryl methyl sites for hydroxylation is 1. The summed E-state index contributed by atoms with van der Waals surface area (Å²) in [4.78, 5) is 36.4. The highest BCUT2D eigenvalue weighted by molar-refractivity contribution is 8.26. The van der Waals surface area contributed by atoms with Crippen LogP contribution in [-0.4, -0.2) is 75.3 Å². The third-order valence-electron chi connectivity index (χ3n) is 7.26. The number of nitrogens with zero attached hydrogens (tertiary/aromatic N) is 4. The van der Waals surface area contributed by atoms with Gasteiger partial charge in [0.15, 0.2) is 0 Å². The highest BCUT2D eigenvalue weighted by atomic mass is 32.2. The zero-order chi connectivity index (χ0) is 27.1. The lowest BCUT2D eigenvalue weighted by atomic mass is 9.99. The van der Waals surface area contributed by atoms with E-state index in [9.17, 15) is 9.59 Å². The van der Waals surface area contributed by atoms with E-state index in [0.29, 0.717) is 45.3 Å². The van der Waals surface area contributed by atoms with Gasteiger partial charge in [0, 0.05) is 32.4 Å². The van der Waals surface area contributed by atoms with Gasteiger partial charge >= 0.3 is 0 Å². The van der Waals surface area contributed by atoms with E-state index in [1.54, 1.807) is 21.6 Å².